The summed E-state index contributed by atoms with van der Waals surface area (Å²) in [7, 11) is 0. The summed E-state index contributed by atoms with van der Waals surface area (Å²) in [5, 5.41) is 4.22. The van der Waals surface area contributed by atoms with Crippen LogP contribution in [-0.2, 0) is 6.54 Å². The van der Waals surface area contributed by atoms with Crippen LogP contribution >= 0.6 is 15.9 Å². The molecule has 0 radical (unpaired) electrons. The van der Waals surface area contributed by atoms with E-state index in [0.29, 0.717) is 0 Å². The molecule has 1 aromatic carbocycles. The normalized spacial score (nSPS) is 10.6. The van der Waals surface area contributed by atoms with Crippen molar-refractivity contribution in [2.75, 3.05) is 5.73 Å². The van der Waals surface area contributed by atoms with Gasteiger partial charge in [-0.1, -0.05) is 6.92 Å². The van der Waals surface area contributed by atoms with Crippen molar-refractivity contribution in [3.63, 3.8) is 0 Å². The Hall–Kier alpha value is -1.49. The van der Waals surface area contributed by atoms with Crippen molar-refractivity contribution in [2.24, 2.45) is 0 Å². The number of rotatable bonds is 4. The molecule has 0 aliphatic rings. The van der Waals surface area contributed by atoms with Gasteiger partial charge in [-0.25, -0.2) is 0 Å². The zero-order valence-electron chi connectivity index (χ0n) is 10.5. The lowest BCUT2D eigenvalue weighted by Gasteiger charge is -2.08. The van der Waals surface area contributed by atoms with E-state index >= 15 is 0 Å². The highest BCUT2D eigenvalue weighted by Crippen LogP contribution is 2.33. The predicted molar refractivity (Wildman–Crippen MR) is 75.9 cm³/mol. The number of hydrogen-bond acceptors (Lipinski definition) is 3. The minimum absolute atomic E-state index is 0.730. The molecule has 96 valence electrons. The number of halogens is 1. The molecule has 4 nitrogen and oxygen atoms in total. The first-order valence-corrected chi connectivity index (χ1v) is 6.65. The topological polar surface area (TPSA) is 53.1 Å². The van der Waals surface area contributed by atoms with Crippen molar-refractivity contribution in [3.05, 3.63) is 34.6 Å². The second-order valence-corrected chi connectivity index (χ2v) is 5.03. The molecule has 2 rings (SSSR count). The molecule has 0 unspecified atom stereocenters. The first-order chi connectivity index (χ1) is 8.60. The molecule has 0 saturated heterocycles. The van der Waals surface area contributed by atoms with Crippen LogP contribution in [0.3, 0.4) is 0 Å². The summed E-state index contributed by atoms with van der Waals surface area (Å²) in [6.07, 6.45) is 4.65. The lowest BCUT2D eigenvalue weighted by Crippen LogP contribution is -1.95. The zero-order chi connectivity index (χ0) is 13.1. The van der Waals surface area contributed by atoms with Crippen molar-refractivity contribution in [1.82, 2.24) is 9.78 Å². The van der Waals surface area contributed by atoms with Crippen molar-refractivity contribution >= 4 is 21.6 Å². The average molecular weight is 310 g/mol. The summed E-state index contributed by atoms with van der Waals surface area (Å²) >= 11 is 3.44. The van der Waals surface area contributed by atoms with Gasteiger partial charge >= 0.3 is 0 Å². The Morgan fingerprint density at radius 2 is 2.22 bits per heavy atom. The van der Waals surface area contributed by atoms with Gasteiger partial charge in [0, 0.05) is 12.2 Å². The van der Waals surface area contributed by atoms with Crippen molar-refractivity contribution in [3.8, 4) is 11.5 Å². The maximum absolute atomic E-state index is 5.82. The SMILES string of the molecule is CCCn1cc(Oc2cc(C)c(N)cc2Br)cn1. The molecule has 1 heterocycles. The van der Waals surface area contributed by atoms with Crippen molar-refractivity contribution in [1.29, 1.82) is 0 Å². The van der Waals surface area contributed by atoms with Gasteiger partial charge in [-0.15, -0.1) is 0 Å². The van der Waals surface area contributed by atoms with Crippen LogP contribution < -0.4 is 10.5 Å². The molecule has 0 atom stereocenters. The number of anilines is 1. The fourth-order valence-corrected chi connectivity index (χ4v) is 2.07. The number of nitrogen functional groups attached to an aromatic ring is 1. The highest BCUT2D eigenvalue weighted by molar-refractivity contribution is 9.10. The summed E-state index contributed by atoms with van der Waals surface area (Å²) in [4.78, 5) is 0. The average Bonchev–Trinajstić information content (AvgIpc) is 2.74. The molecule has 0 spiro atoms. The highest BCUT2D eigenvalue weighted by atomic mass is 79.9. The van der Waals surface area contributed by atoms with E-state index in [-0.39, 0.29) is 0 Å². The van der Waals surface area contributed by atoms with Gasteiger partial charge in [0.1, 0.15) is 5.75 Å². The van der Waals surface area contributed by atoms with Gasteiger partial charge in [0.15, 0.2) is 5.75 Å². The van der Waals surface area contributed by atoms with Crippen LogP contribution in [0.15, 0.2) is 29.0 Å². The van der Waals surface area contributed by atoms with Crippen LogP contribution in [0.4, 0.5) is 5.69 Å². The van der Waals surface area contributed by atoms with Crippen molar-refractivity contribution in [2.45, 2.75) is 26.8 Å². The van der Waals surface area contributed by atoms with Gasteiger partial charge in [0.2, 0.25) is 0 Å². The summed E-state index contributed by atoms with van der Waals surface area (Å²) < 4.78 is 8.50. The molecular formula is C13H16BrN3O. The fraction of sp³-hybridized carbons (Fsp3) is 0.308. The number of hydrogen-bond donors (Lipinski definition) is 1. The Morgan fingerprint density at radius 1 is 1.44 bits per heavy atom. The van der Waals surface area contributed by atoms with Crippen LogP contribution in [0.25, 0.3) is 0 Å². The Kier molecular flexibility index (Phi) is 3.91. The Balaban J connectivity index is 2.20. The smallest absolute Gasteiger partial charge is 0.165 e. The van der Waals surface area contributed by atoms with Crippen molar-refractivity contribution < 1.29 is 4.74 Å². The lowest BCUT2D eigenvalue weighted by atomic mass is 10.2. The number of aryl methyl sites for hydroxylation is 2. The van der Waals surface area contributed by atoms with Gasteiger partial charge in [-0.05, 0) is 47.0 Å². The maximum atomic E-state index is 5.82. The van der Waals surface area contributed by atoms with Gasteiger partial charge in [-0.2, -0.15) is 5.10 Å². The molecule has 0 saturated carbocycles. The number of ether oxygens (including phenoxy) is 1. The second-order valence-electron chi connectivity index (χ2n) is 4.18. The molecule has 0 bridgehead atoms. The van der Waals surface area contributed by atoms with Crippen LogP contribution in [0.5, 0.6) is 11.5 Å². The molecular weight excluding hydrogens is 294 g/mol. The maximum Gasteiger partial charge on any atom is 0.165 e. The molecule has 0 aliphatic heterocycles. The minimum atomic E-state index is 0.730. The lowest BCUT2D eigenvalue weighted by molar-refractivity contribution is 0.477. The fourth-order valence-electron chi connectivity index (χ4n) is 1.62. The first-order valence-electron chi connectivity index (χ1n) is 5.86. The number of nitrogens with zero attached hydrogens (tertiary/aromatic N) is 2. The molecule has 1 aromatic heterocycles. The van der Waals surface area contributed by atoms with E-state index in [4.69, 9.17) is 10.5 Å². The third kappa shape index (κ3) is 2.85. The van der Waals surface area contributed by atoms with E-state index < -0.39 is 0 Å². The summed E-state index contributed by atoms with van der Waals surface area (Å²) in [6, 6.07) is 3.76. The molecule has 0 fully saturated rings. The molecule has 2 aromatic rings. The van der Waals surface area contributed by atoms with Crippen LogP contribution in [-0.4, -0.2) is 9.78 Å². The largest absolute Gasteiger partial charge is 0.453 e. The quantitative estimate of drug-likeness (QED) is 0.875. The van der Waals surface area contributed by atoms with Gasteiger partial charge in [-0.3, -0.25) is 4.68 Å². The Morgan fingerprint density at radius 3 is 2.94 bits per heavy atom. The number of nitrogens with two attached hydrogens (primary N) is 1. The van der Waals surface area contributed by atoms with Crippen LogP contribution in [0, 0.1) is 6.92 Å². The zero-order valence-corrected chi connectivity index (χ0v) is 12.1. The van der Waals surface area contributed by atoms with E-state index in [2.05, 4.69) is 28.0 Å². The van der Waals surface area contributed by atoms with E-state index in [1.165, 1.54) is 0 Å². The minimum Gasteiger partial charge on any atom is -0.453 e. The van der Waals surface area contributed by atoms with E-state index in [1.807, 2.05) is 29.9 Å². The van der Waals surface area contributed by atoms with Gasteiger partial charge < -0.3 is 10.5 Å². The number of aromatic nitrogens is 2. The first kappa shape index (κ1) is 13.0. The van der Waals surface area contributed by atoms with Gasteiger partial charge in [0.05, 0.1) is 16.9 Å². The van der Waals surface area contributed by atoms with Gasteiger partial charge in [0.25, 0.3) is 0 Å². The standard InChI is InChI=1S/C13H16BrN3O/c1-3-4-17-8-10(7-16-17)18-13-5-9(2)12(15)6-11(13)14/h5-8H,3-4,15H2,1-2H3. The monoisotopic (exact) mass is 309 g/mol. The third-order valence-electron chi connectivity index (χ3n) is 2.61. The molecule has 5 heteroatoms. The third-order valence-corrected chi connectivity index (χ3v) is 3.23. The second kappa shape index (κ2) is 5.44. The Labute approximate surface area is 115 Å². The van der Waals surface area contributed by atoms with Crippen LogP contribution in [0.2, 0.25) is 0 Å². The summed E-state index contributed by atoms with van der Waals surface area (Å²) in [6.45, 7) is 4.96. The van der Waals surface area contributed by atoms with E-state index in [1.54, 1.807) is 6.20 Å². The molecule has 18 heavy (non-hydrogen) atoms. The molecule has 2 N–H and O–H groups in total. The Bertz CT molecular complexity index is 551. The molecule has 0 amide bonds. The summed E-state index contributed by atoms with van der Waals surface area (Å²) in [5.41, 5.74) is 7.57. The van der Waals surface area contributed by atoms with E-state index in [0.717, 1.165) is 40.2 Å². The van der Waals surface area contributed by atoms with E-state index in [9.17, 15) is 0 Å². The van der Waals surface area contributed by atoms with Crippen LogP contribution in [0.1, 0.15) is 18.9 Å². The molecule has 0 aliphatic carbocycles. The summed E-state index contributed by atoms with van der Waals surface area (Å²) in [5.74, 6) is 1.48. The highest BCUT2D eigenvalue weighted by Gasteiger charge is 2.07. The number of benzene rings is 1. The predicted octanol–water partition coefficient (Wildman–Crippen LogP) is 3.74.